The molecule has 23 heavy (non-hydrogen) atoms. The van der Waals surface area contributed by atoms with Crippen molar-refractivity contribution in [2.45, 2.75) is 19.9 Å². The highest BCUT2D eigenvalue weighted by Crippen LogP contribution is 2.24. The normalized spacial score (nSPS) is 12.1. The van der Waals surface area contributed by atoms with E-state index in [1.165, 1.54) is 13.0 Å². The van der Waals surface area contributed by atoms with E-state index in [-0.39, 0.29) is 0 Å². The second-order valence-electron chi connectivity index (χ2n) is 4.69. The van der Waals surface area contributed by atoms with Gasteiger partial charge < -0.3 is 20.5 Å². The van der Waals surface area contributed by atoms with Gasteiger partial charge in [-0.05, 0) is 38.1 Å². The van der Waals surface area contributed by atoms with Crippen molar-refractivity contribution in [3.8, 4) is 5.75 Å². The minimum atomic E-state index is -0.725. The van der Waals surface area contributed by atoms with Gasteiger partial charge in [0.2, 0.25) is 11.8 Å². The molecule has 1 aromatic rings. The minimum absolute atomic E-state index is 0.406. The summed E-state index contributed by atoms with van der Waals surface area (Å²) in [5, 5.41) is 2.47. The fourth-order valence-electron chi connectivity index (χ4n) is 1.63. The number of primary amides is 1. The number of carbonyl (C=O) groups excluding carboxylic acids is 2. The largest absolute Gasteiger partial charge is 0.491 e. The van der Waals surface area contributed by atoms with Crippen molar-refractivity contribution in [3.63, 3.8) is 0 Å². The Kier molecular flexibility index (Phi) is 8.36. The zero-order valence-electron chi connectivity index (χ0n) is 13.2. The van der Waals surface area contributed by atoms with Gasteiger partial charge in [0.1, 0.15) is 18.4 Å². The highest BCUT2D eigenvalue weighted by molar-refractivity contribution is 9.10. The zero-order chi connectivity index (χ0) is 17.2. The van der Waals surface area contributed by atoms with Crippen LogP contribution in [0.25, 0.3) is 6.08 Å². The zero-order valence-corrected chi connectivity index (χ0v) is 14.8. The lowest BCUT2D eigenvalue weighted by Gasteiger charge is -2.10. The highest BCUT2D eigenvalue weighted by atomic mass is 79.9. The van der Waals surface area contributed by atoms with Crippen LogP contribution in [-0.2, 0) is 14.3 Å². The van der Waals surface area contributed by atoms with Crippen LogP contribution in [0.4, 0.5) is 0 Å². The third-order valence-electron chi connectivity index (χ3n) is 2.86. The summed E-state index contributed by atoms with van der Waals surface area (Å²) < 4.78 is 11.7. The lowest BCUT2D eigenvalue weighted by atomic mass is 10.2. The van der Waals surface area contributed by atoms with Gasteiger partial charge in [-0.25, -0.2) is 0 Å². The standard InChI is InChI=1S/C16H21BrN2O4/c1-3-22-8-9-23-14-6-5-13(17)10-12(14)4-7-15(20)19-11(2)16(18)21/h4-7,10-11H,3,8-9H2,1-2H3,(H2,18,21)(H,19,20)/b7-4+. The molecule has 0 saturated carbocycles. The van der Waals surface area contributed by atoms with Crippen LogP contribution < -0.4 is 15.8 Å². The fraction of sp³-hybridized carbons (Fsp3) is 0.375. The maximum Gasteiger partial charge on any atom is 0.244 e. The molecule has 6 nitrogen and oxygen atoms in total. The van der Waals surface area contributed by atoms with Crippen LogP contribution in [-0.4, -0.2) is 37.7 Å². The van der Waals surface area contributed by atoms with E-state index in [2.05, 4.69) is 21.2 Å². The number of nitrogens with two attached hydrogens (primary N) is 1. The van der Waals surface area contributed by atoms with Crippen molar-refractivity contribution in [2.75, 3.05) is 19.8 Å². The number of benzene rings is 1. The van der Waals surface area contributed by atoms with Crippen molar-refractivity contribution < 1.29 is 19.1 Å². The van der Waals surface area contributed by atoms with Gasteiger partial charge in [0.05, 0.1) is 6.61 Å². The summed E-state index contributed by atoms with van der Waals surface area (Å²) in [5.41, 5.74) is 5.83. The lowest BCUT2D eigenvalue weighted by Crippen LogP contribution is -2.41. The third kappa shape index (κ3) is 7.30. The number of carbonyl (C=O) groups is 2. The molecular formula is C16H21BrN2O4. The predicted molar refractivity (Wildman–Crippen MR) is 92.0 cm³/mol. The first-order valence-electron chi connectivity index (χ1n) is 7.22. The van der Waals surface area contributed by atoms with E-state index >= 15 is 0 Å². The van der Waals surface area contributed by atoms with Crippen molar-refractivity contribution in [1.82, 2.24) is 5.32 Å². The molecule has 0 aliphatic carbocycles. The van der Waals surface area contributed by atoms with E-state index in [0.29, 0.717) is 25.6 Å². The number of hydrogen-bond acceptors (Lipinski definition) is 4. The minimum Gasteiger partial charge on any atom is -0.491 e. The molecule has 3 N–H and O–H groups in total. The van der Waals surface area contributed by atoms with Crippen LogP contribution in [0.5, 0.6) is 5.75 Å². The van der Waals surface area contributed by atoms with E-state index in [9.17, 15) is 9.59 Å². The van der Waals surface area contributed by atoms with E-state index in [0.717, 1.165) is 10.0 Å². The summed E-state index contributed by atoms with van der Waals surface area (Å²) in [5.74, 6) is -0.356. The molecular weight excluding hydrogens is 364 g/mol. The van der Waals surface area contributed by atoms with Gasteiger partial charge >= 0.3 is 0 Å². The van der Waals surface area contributed by atoms with Gasteiger partial charge in [0.25, 0.3) is 0 Å². The van der Waals surface area contributed by atoms with E-state index in [1.807, 2.05) is 19.1 Å². The van der Waals surface area contributed by atoms with Gasteiger partial charge in [-0.2, -0.15) is 0 Å². The van der Waals surface area contributed by atoms with Crippen LogP contribution in [0.2, 0.25) is 0 Å². The van der Waals surface area contributed by atoms with E-state index < -0.39 is 17.9 Å². The van der Waals surface area contributed by atoms with Crippen LogP contribution in [0, 0.1) is 0 Å². The van der Waals surface area contributed by atoms with Crippen LogP contribution in [0.3, 0.4) is 0 Å². The second-order valence-corrected chi connectivity index (χ2v) is 5.61. The third-order valence-corrected chi connectivity index (χ3v) is 3.35. The maximum atomic E-state index is 11.7. The van der Waals surface area contributed by atoms with Gasteiger partial charge in [-0.3, -0.25) is 9.59 Å². The first-order valence-corrected chi connectivity index (χ1v) is 8.01. The quantitative estimate of drug-likeness (QED) is 0.502. The summed E-state index contributed by atoms with van der Waals surface area (Å²) in [6, 6.07) is 4.76. The molecule has 0 bridgehead atoms. The maximum absolute atomic E-state index is 11.7. The van der Waals surface area contributed by atoms with Crippen molar-refractivity contribution in [2.24, 2.45) is 5.73 Å². The molecule has 2 amide bonds. The van der Waals surface area contributed by atoms with Gasteiger partial charge in [0, 0.05) is 22.7 Å². The Morgan fingerprint density at radius 3 is 2.78 bits per heavy atom. The molecule has 126 valence electrons. The van der Waals surface area contributed by atoms with Crippen molar-refractivity contribution in [1.29, 1.82) is 0 Å². The highest BCUT2D eigenvalue weighted by Gasteiger charge is 2.10. The Morgan fingerprint density at radius 1 is 1.39 bits per heavy atom. The summed E-state index contributed by atoms with van der Waals surface area (Å²) in [6.07, 6.45) is 2.94. The summed E-state index contributed by atoms with van der Waals surface area (Å²) in [6.45, 7) is 4.98. The molecule has 1 rings (SSSR count). The number of rotatable bonds is 9. The average molecular weight is 385 g/mol. The lowest BCUT2D eigenvalue weighted by molar-refractivity contribution is -0.124. The Balaban J connectivity index is 2.73. The molecule has 0 radical (unpaired) electrons. The molecule has 0 spiro atoms. The summed E-state index contributed by atoms with van der Waals surface area (Å²) in [4.78, 5) is 22.7. The smallest absolute Gasteiger partial charge is 0.244 e. The molecule has 1 unspecified atom stereocenters. The summed E-state index contributed by atoms with van der Waals surface area (Å²) in [7, 11) is 0. The Hall–Kier alpha value is -1.86. The Labute approximate surface area is 144 Å². The molecule has 0 saturated heterocycles. The van der Waals surface area contributed by atoms with Crippen molar-refractivity contribution >= 4 is 33.8 Å². The topological polar surface area (TPSA) is 90.7 Å². The van der Waals surface area contributed by atoms with Gasteiger partial charge in [0.15, 0.2) is 0 Å². The van der Waals surface area contributed by atoms with Crippen molar-refractivity contribution in [3.05, 3.63) is 34.3 Å². The predicted octanol–water partition coefficient (Wildman–Crippen LogP) is 1.87. The number of nitrogens with one attached hydrogen (secondary N) is 1. The molecule has 1 aromatic carbocycles. The number of hydrogen-bond donors (Lipinski definition) is 2. The van der Waals surface area contributed by atoms with E-state index in [1.54, 1.807) is 12.1 Å². The first-order chi connectivity index (χ1) is 10.9. The molecule has 0 fully saturated rings. The molecule has 1 atom stereocenters. The number of amides is 2. The number of ether oxygens (including phenoxy) is 2. The molecule has 0 heterocycles. The van der Waals surface area contributed by atoms with Crippen LogP contribution >= 0.6 is 15.9 Å². The van der Waals surface area contributed by atoms with E-state index in [4.69, 9.17) is 15.2 Å². The monoisotopic (exact) mass is 384 g/mol. The SMILES string of the molecule is CCOCCOc1ccc(Br)cc1/C=C/C(=O)NC(C)C(N)=O. The molecule has 0 aromatic heterocycles. The Bertz CT molecular complexity index is 575. The second kappa shape index (κ2) is 10.0. The first kappa shape index (κ1) is 19.2. The van der Waals surface area contributed by atoms with Crippen LogP contribution in [0.15, 0.2) is 28.7 Å². The average Bonchev–Trinajstić information content (AvgIpc) is 2.50. The van der Waals surface area contributed by atoms with Gasteiger partial charge in [-0.1, -0.05) is 15.9 Å². The number of halogens is 1. The molecule has 0 aliphatic heterocycles. The molecule has 0 aliphatic rings. The van der Waals surface area contributed by atoms with Crippen LogP contribution in [0.1, 0.15) is 19.4 Å². The van der Waals surface area contributed by atoms with Gasteiger partial charge in [-0.15, -0.1) is 0 Å². The Morgan fingerprint density at radius 2 is 2.13 bits per heavy atom. The molecule has 7 heteroatoms. The summed E-state index contributed by atoms with van der Waals surface area (Å²) >= 11 is 3.38. The fourth-order valence-corrected chi connectivity index (χ4v) is 2.01.